The number of carboxylic acid groups (broad SMARTS) is 1. The maximum atomic E-state index is 10.4. The number of hydrogen-bond acceptors (Lipinski definition) is 1. The summed E-state index contributed by atoms with van der Waals surface area (Å²) in [4.78, 5) is 10.4. The predicted molar refractivity (Wildman–Crippen MR) is 68.5 cm³/mol. The lowest BCUT2D eigenvalue weighted by Gasteiger charge is -2.41. The fourth-order valence-corrected chi connectivity index (χ4v) is 1.82. The van der Waals surface area contributed by atoms with Crippen molar-refractivity contribution >= 4 is 5.97 Å². The zero-order valence-corrected chi connectivity index (χ0v) is 11.2. The summed E-state index contributed by atoms with van der Waals surface area (Å²) in [5.74, 6) is -0.692. The third-order valence-electron chi connectivity index (χ3n) is 3.93. The van der Waals surface area contributed by atoms with Crippen LogP contribution in [0.15, 0.2) is 12.7 Å². The van der Waals surface area contributed by atoms with Crippen molar-refractivity contribution in [1.29, 1.82) is 0 Å². The molecule has 0 saturated heterocycles. The third-order valence-corrected chi connectivity index (χ3v) is 3.93. The summed E-state index contributed by atoms with van der Waals surface area (Å²) in [6.07, 6.45) is 6.10. The second-order valence-corrected chi connectivity index (χ2v) is 5.86. The van der Waals surface area contributed by atoms with Gasteiger partial charge >= 0.3 is 5.97 Å². The smallest absolute Gasteiger partial charge is 0.303 e. The Balaban J connectivity index is 4.12. The summed E-state index contributed by atoms with van der Waals surface area (Å²) in [6.45, 7) is 12.8. The molecule has 0 amide bonds. The second kappa shape index (κ2) is 6.07. The second-order valence-electron chi connectivity index (χ2n) is 5.86. The van der Waals surface area contributed by atoms with Gasteiger partial charge in [0.25, 0.3) is 0 Å². The Hall–Kier alpha value is -0.790. The van der Waals surface area contributed by atoms with Crippen LogP contribution in [0.3, 0.4) is 0 Å². The van der Waals surface area contributed by atoms with Gasteiger partial charge in [-0.1, -0.05) is 40.2 Å². The molecule has 0 spiro atoms. The van der Waals surface area contributed by atoms with Gasteiger partial charge in [0.2, 0.25) is 0 Å². The van der Waals surface area contributed by atoms with Crippen molar-refractivity contribution in [3.63, 3.8) is 0 Å². The van der Waals surface area contributed by atoms with E-state index < -0.39 is 5.97 Å². The van der Waals surface area contributed by atoms with Gasteiger partial charge in [-0.15, -0.1) is 6.58 Å². The summed E-state index contributed by atoms with van der Waals surface area (Å²) in [5.41, 5.74) is 0.442. The lowest BCUT2D eigenvalue weighted by Crippen LogP contribution is -2.32. The molecule has 0 aromatic heterocycles. The molecule has 0 aromatic rings. The van der Waals surface area contributed by atoms with Crippen LogP contribution in [0.2, 0.25) is 0 Å². The first-order valence-corrected chi connectivity index (χ1v) is 6.05. The van der Waals surface area contributed by atoms with Crippen LogP contribution in [0, 0.1) is 10.8 Å². The minimum absolute atomic E-state index is 0.220. The SMILES string of the molecule is C=CCC(C)(C)C(C)(C)CCCCC(=O)O. The molecule has 0 rings (SSSR count). The van der Waals surface area contributed by atoms with Gasteiger partial charge < -0.3 is 5.11 Å². The van der Waals surface area contributed by atoms with E-state index in [2.05, 4.69) is 34.3 Å². The number of carboxylic acids is 1. The molecule has 0 aliphatic rings. The molecular weight excluding hydrogens is 200 g/mol. The molecule has 1 N–H and O–H groups in total. The van der Waals surface area contributed by atoms with Crippen LogP contribution in [-0.2, 0) is 4.79 Å². The van der Waals surface area contributed by atoms with E-state index in [9.17, 15) is 4.79 Å². The number of aliphatic carboxylic acids is 1. The molecule has 0 unspecified atom stereocenters. The number of allylic oxidation sites excluding steroid dienone is 1. The lowest BCUT2D eigenvalue weighted by molar-refractivity contribution is -0.137. The fraction of sp³-hybridized carbons (Fsp3) is 0.786. The molecule has 0 aliphatic heterocycles. The van der Waals surface area contributed by atoms with Crippen molar-refractivity contribution in [2.75, 3.05) is 0 Å². The first-order valence-electron chi connectivity index (χ1n) is 6.05. The fourth-order valence-electron chi connectivity index (χ4n) is 1.82. The monoisotopic (exact) mass is 226 g/mol. The summed E-state index contributed by atoms with van der Waals surface area (Å²) < 4.78 is 0. The molecule has 94 valence electrons. The van der Waals surface area contributed by atoms with Crippen molar-refractivity contribution in [2.45, 2.75) is 59.8 Å². The van der Waals surface area contributed by atoms with Crippen LogP contribution >= 0.6 is 0 Å². The van der Waals surface area contributed by atoms with Gasteiger partial charge in [0, 0.05) is 6.42 Å². The van der Waals surface area contributed by atoms with Crippen LogP contribution in [-0.4, -0.2) is 11.1 Å². The van der Waals surface area contributed by atoms with Crippen molar-refractivity contribution in [3.05, 3.63) is 12.7 Å². The molecule has 0 aromatic carbocycles. The van der Waals surface area contributed by atoms with E-state index in [0.29, 0.717) is 0 Å². The minimum Gasteiger partial charge on any atom is -0.481 e. The van der Waals surface area contributed by atoms with Gasteiger partial charge in [0.1, 0.15) is 0 Å². The number of unbranched alkanes of at least 4 members (excludes halogenated alkanes) is 1. The standard InChI is InChI=1S/C14H26O2/c1-6-10-13(2,3)14(4,5)11-8-7-9-12(15)16/h6H,1,7-11H2,2-5H3,(H,15,16). The third kappa shape index (κ3) is 4.82. The number of rotatable bonds is 8. The molecule has 0 atom stereocenters. The van der Waals surface area contributed by atoms with Gasteiger partial charge in [-0.05, 0) is 30.1 Å². The molecule has 0 fully saturated rings. The molecule has 0 saturated carbocycles. The summed E-state index contributed by atoms with van der Waals surface area (Å²) in [5, 5.41) is 8.57. The largest absolute Gasteiger partial charge is 0.481 e. The maximum Gasteiger partial charge on any atom is 0.303 e. The zero-order chi connectivity index (χ0) is 12.8. The Morgan fingerprint density at radius 1 is 1.19 bits per heavy atom. The van der Waals surface area contributed by atoms with E-state index in [1.807, 2.05) is 6.08 Å². The highest BCUT2D eigenvalue weighted by molar-refractivity contribution is 5.66. The zero-order valence-electron chi connectivity index (χ0n) is 11.2. The van der Waals surface area contributed by atoms with Crippen molar-refractivity contribution in [3.8, 4) is 0 Å². The topological polar surface area (TPSA) is 37.3 Å². The summed E-state index contributed by atoms with van der Waals surface area (Å²) in [7, 11) is 0. The molecule has 0 aliphatic carbocycles. The lowest BCUT2D eigenvalue weighted by atomic mass is 9.64. The predicted octanol–water partition coefficient (Wildman–Crippen LogP) is 4.26. The van der Waals surface area contributed by atoms with Crippen LogP contribution in [0.1, 0.15) is 59.8 Å². The number of carbonyl (C=O) groups is 1. The molecule has 0 heterocycles. The number of hydrogen-bond donors (Lipinski definition) is 1. The molecule has 0 radical (unpaired) electrons. The average molecular weight is 226 g/mol. The Kier molecular flexibility index (Phi) is 5.77. The molecule has 0 bridgehead atoms. The quantitative estimate of drug-likeness (QED) is 0.496. The molecule has 2 nitrogen and oxygen atoms in total. The normalized spacial score (nSPS) is 12.5. The van der Waals surface area contributed by atoms with E-state index in [0.717, 1.165) is 25.7 Å². The van der Waals surface area contributed by atoms with Crippen LogP contribution < -0.4 is 0 Å². The van der Waals surface area contributed by atoms with Gasteiger partial charge in [-0.25, -0.2) is 0 Å². The first kappa shape index (κ1) is 15.2. The Morgan fingerprint density at radius 3 is 2.19 bits per heavy atom. The molecule has 16 heavy (non-hydrogen) atoms. The van der Waals surface area contributed by atoms with Gasteiger partial charge in [0.15, 0.2) is 0 Å². The average Bonchev–Trinajstić information content (AvgIpc) is 2.12. The van der Waals surface area contributed by atoms with Gasteiger partial charge in [0.05, 0.1) is 0 Å². The van der Waals surface area contributed by atoms with Crippen LogP contribution in [0.4, 0.5) is 0 Å². The van der Waals surface area contributed by atoms with E-state index in [-0.39, 0.29) is 17.3 Å². The Morgan fingerprint density at radius 2 is 1.75 bits per heavy atom. The van der Waals surface area contributed by atoms with E-state index in [1.165, 1.54) is 0 Å². The van der Waals surface area contributed by atoms with E-state index in [1.54, 1.807) is 0 Å². The molecule has 2 heteroatoms. The van der Waals surface area contributed by atoms with Crippen LogP contribution in [0.5, 0.6) is 0 Å². The summed E-state index contributed by atoms with van der Waals surface area (Å²) in [6, 6.07) is 0. The van der Waals surface area contributed by atoms with Gasteiger partial charge in [-0.2, -0.15) is 0 Å². The van der Waals surface area contributed by atoms with Crippen LogP contribution in [0.25, 0.3) is 0 Å². The van der Waals surface area contributed by atoms with E-state index >= 15 is 0 Å². The van der Waals surface area contributed by atoms with Gasteiger partial charge in [-0.3, -0.25) is 4.79 Å². The highest BCUT2D eigenvalue weighted by Crippen LogP contribution is 2.45. The Labute approximate surface area is 99.7 Å². The van der Waals surface area contributed by atoms with Crippen molar-refractivity contribution in [1.82, 2.24) is 0 Å². The maximum absolute atomic E-state index is 10.4. The van der Waals surface area contributed by atoms with Crippen molar-refractivity contribution in [2.24, 2.45) is 10.8 Å². The minimum atomic E-state index is -0.692. The Bertz CT molecular complexity index is 239. The van der Waals surface area contributed by atoms with E-state index in [4.69, 9.17) is 5.11 Å². The highest BCUT2D eigenvalue weighted by atomic mass is 16.4. The first-order chi connectivity index (χ1) is 7.23. The van der Waals surface area contributed by atoms with Crippen molar-refractivity contribution < 1.29 is 9.90 Å². The summed E-state index contributed by atoms with van der Waals surface area (Å²) >= 11 is 0. The molecular formula is C14H26O2. The highest BCUT2D eigenvalue weighted by Gasteiger charge is 2.34.